The predicted octanol–water partition coefficient (Wildman–Crippen LogP) is 4.82. The fourth-order valence-electron chi connectivity index (χ4n) is 3.50. The molecule has 3 aromatic rings. The van der Waals surface area contributed by atoms with Crippen LogP contribution in [0.2, 0.25) is 5.02 Å². The van der Waals surface area contributed by atoms with Crippen molar-refractivity contribution in [2.24, 2.45) is 0 Å². The number of hydrogen-bond acceptors (Lipinski definition) is 5. The number of carbonyl (C=O) groups is 1. The standard InChI is InChI=1S/C25H27ClN2O5S/c1-4-22(18-8-6-5-7-9-18)27-25(29)17-28(20-12-10-19(26)11-13-20)34(30,31)21-14-15-23(32-2)24(16-21)33-3/h5-16,22H,4,17H2,1-3H3,(H,27,29). The molecule has 34 heavy (non-hydrogen) atoms. The van der Waals surface area contributed by atoms with Gasteiger partial charge in [-0.15, -0.1) is 0 Å². The summed E-state index contributed by atoms with van der Waals surface area (Å²) in [7, 11) is -1.24. The van der Waals surface area contributed by atoms with Crippen LogP contribution in [-0.4, -0.2) is 35.1 Å². The molecule has 180 valence electrons. The maximum atomic E-state index is 13.7. The van der Waals surface area contributed by atoms with Crippen molar-refractivity contribution in [2.75, 3.05) is 25.1 Å². The average Bonchev–Trinajstić information content (AvgIpc) is 2.86. The van der Waals surface area contributed by atoms with Crippen LogP contribution in [0.5, 0.6) is 11.5 Å². The zero-order valence-corrected chi connectivity index (χ0v) is 20.8. The number of benzene rings is 3. The van der Waals surface area contributed by atoms with E-state index in [1.54, 1.807) is 24.3 Å². The molecule has 1 N–H and O–H groups in total. The van der Waals surface area contributed by atoms with Crippen molar-refractivity contribution in [3.63, 3.8) is 0 Å². The van der Waals surface area contributed by atoms with Crippen molar-refractivity contribution in [2.45, 2.75) is 24.3 Å². The van der Waals surface area contributed by atoms with Crippen molar-refractivity contribution in [1.29, 1.82) is 0 Å². The Kier molecular flexibility index (Phi) is 8.41. The van der Waals surface area contributed by atoms with Gasteiger partial charge < -0.3 is 14.8 Å². The fraction of sp³-hybridized carbons (Fsp3) is 0.240. The lowest BCUT2D eigenvalue weighted by atomic mass is 10.0. The molecular weight excluding hydrogens is 476 g/mol. The number of halogens is 1. The SMILES string of the molecule is CCC(NC(=O)CN(c1ccc(Cl)cc1)S(=O)(=O)c1ccc(OC)c(OC)c1)c1ccccc1. The van der Waals surface area contributed by atoms with Gasteiger partial charge in [-0.3, -0.25) is 9.10 Å². The van der Waals surface area contributed by atoms with E-state index < -0.39 is 22.5 Å². The molecule has 0 fully saturated rings. The Morgan fingerprint density at radius 1 is 0.971 bits per heavy atom. The van der Waals surface area contributed by atoms with Gasteiger partial charge in [-0.05, 0) is 48.4 Å². The summed E-state index contributed by atoms with van der Waals surface area (Å²) in [6, 6.07) is 19.8. The highest BCUT2D eigenvalue weighted by molar-refractivity contribution is 7.92. The van der Waals surface area contributed by atoms with E-state index >= 15 is 0 Å². The Balaban J connectivity index is 1.95. The van der Waals surface area contributed by atoms with Crippen molar-refractivity contribution in [1.82, 2.24) is 5.32 Å². The molecule has 0 saturated carbocycles. The lowest BCUT2D eigenvalue weighted by molar-refractivity contribution is -0.120. The molecule has 0 radical (unpaired) electrons. The molecular formula is C25H27ClN2O5S. The Morgan fingerprint density at radius 3 is 2.21 bits per heavy atom. The second kappa shape index (κ2) is 11.3. The van der Waals surface area contributed by atoms with Crippen LogP contribution in [-0.2, 0) is 14.8 Å². The van der Waals surface area contributed by atoms with Gasteiger partial charge in [-0.25, -0.2) is 8.42 Å². The van der Waals surface area contributed by atoms with E-state index in [0.29, 0.717) is 22.9 Å². The Morgan fingerprint density at radius 2 is 1.62 bits per heavy atom. The number of ether oxygens (including phenoxy) is 2. The summed E-state index contributed by atoms with van der Waals surface area (Å²) in [6.45, 7) is 1.54. The molecule has 0 heterocycles. The highest BCUT2D eigenvalue weighted by atomic mass is 35.5. The zero-order valence-electron chi connectivity index (χ0n) is 19.2. The van der Waals surface area contributed by atoms with Crippen LogP contribution in [0.3, 0.4) is 0 Å². The third-order valence-electron chi connectivity index (χ3n) is 5.29. The highest BCUT2D eigenvalue weighted by Gasteiger charge is 2.29. The summed E-state index contributed by atoms with van der Waals surface area (Å²) in [6.07, 6.45) is 0.652. The van der Waals surface area contributed by atoms with Crippen LogP contribution in [0.15, 0.2) is 77.7 Å². The minimum absolute atomic E-state index is 0.0389. The summed E-state index contributed by atoms with van der Waals surface area (Å²) in [4.78, 5) is 13.0. The fourth-order valence-corrected chi connectivity index (χ4v) is 5.07. The van der Waals surface area contributed by atoms with E-state index in [9.17, 15) is 13.2 Å². The molecule has 0 aliphatic carbocycles. The van der Waals surface area contributed by atoms with Gasteiger partial charge in [-0.1, -0.05) is 48.9 Å². The quantitative estimate of drug-likeness (QED) is 0.429. The van der Waals surface area contributed by atoms with Crippen LogP contribution < -0.4 is 19.1 Å². The number of methoxy groups -OCH3 is 2. The van der Waals surface area contributed by atoms with Crippen molar-refractivity contribution in [3.05, 3.63) is 83.4 Å². The van der Waals surface area contributed by atoms with E-state index in [0.717, 1.165) is 9.87 Å². The van der Waals surface area contributed by atoms with E-state index in [1.807, 2.05) is 37.3 Å². The van der Waals surface area contributed by atoms with Crippen molar-refractivity contribution < 1.29 is 22.7 Å². The van der Waals surface area contributed by atoms with Crippen LogP contribution >= 0.6 is 11.6 Å². The molecule has 3 aromatic carbocycles. The molecule has 9 heteroatoms. The van der Waals surface area contributed by atoms with E-state index in [-0.39, 0.29) is 16.7 Å². The highest BCUT2D eigenvalue weighted by Crippen LogP contribution is 2.32. The van der Waals surface area contributed by atoms with Gasteiger partial charge in [0.05, 0.1) is 30.8 Å². The molecule has 0 aliphatic heterocycles. The minimum Gasteiger partial charge on any atom is -0.493 e. The summed E-state index contributed by atoms with van der Waals surface area (Å²) >= 11 is 6.00. The lowest BCUT2D eigenvalue weighted by Gasteiger charge is -2.26. The monoisotopic (exact) mass is 502 g/mol. The molecule has 0 bridgehead atoms. The summed E-state index contributed by atoms with van der Waals surface area (Å²) in [5.41, 5.74) is 1.25. The van der Waals surface area contributed by atoms with Crippen LogP contribution in [0, 0.1) is 0 Å². The Hall–Kier alpha value is -3.23. The van der Waals surface area contributed by atoms with Gasteiger partial charge in [0.25, 0.3) is 10.0 Å². The number of carbonyl (C=O) groups excluding carboxylic acids is 1. The van der Waals surface area contributed by atoms with Crippen LogP contribution in [0.25, 0.3) is 0 Å². The zero-order chi connectivity index (χ0) is 24.7. The first kappa shape index (κ1) is 25.4. The first-order chi connectivity index (χ1) is 16.3. The summed E-state index contributed by atoms with van der Waals surface area (Å²) in [5.74, 6) is 0.222. The number of sulfonamides is 1. The second-order valence-corrected chi connectivity index (χ2v) is 9.74. The van der Waals surface area contributed by atoms with Gasteiger partial charge >= 0.3 is 0 Å². The molecule has 7 nitrogen and oxygen atoms in total. The van der Waals surface area contributed by atoms with Crippen molar-refractivity contribution >= 4 is 33.2 Å². The smallest absolute Gasteiger partial charge is 0.264 e. The summed E-state index contributed by atoms with van der Waals surface area (Å²) in [5, 5.41) is 3.39. The number of hydrogen-bond donors (Lipinski definition) is 1. The maximum Gasteiger partial charge on any atom is 0.264 e. The molecule has 0 aromatic heterocycles. The van der Waals surface area contributed by atoms with Crippen molar-refractivity contribution in [3.8, 4) is 11.5 Å². The largest absolute Gasteiger partial charge is 0.493 e. The molecule has 1 atom stereocenters. The number of anilines is 1. The first-order valence-electron chi connectivity index (χ1n) is 10.6. The average molecular weight is 503 g/mol. The normalized spacial score (nSPS) is 12.0. The molecule has 0 aliphatic rings. The molecule has 1 unspecified atom stereocenters. The number of rotatable bonds is 10. The molecule has 0 saturated heterocycles. The molecule has 0 spiro atoms. The van der Waals surface area contributed by atoms with Gasteiger partial charge in [0.15, 0.2) is 11.5 Å². The van der Waals surface area contributed by atoms with Gasteiger partial charge in [0.1, 0.15) is 6.54 Å². The Bertz CT molecular complexity index is 1220. The predicted molar refractivity (Wildman–Crippen MR) is 133 cm³/mol. The van der Waals surface area contributed by atoms with Gasteiger partial charge in [0, 0.05) is 11.1 Å². The lowest BCUT2D eigenvalue weighted by Crippen LogP contribution is -2.42. The molecule has 1 amide bonds. The minimum atomic E-state index is -4.13. The molecule has 3 rings (SSSR count). The number of nitrogens with one attached hydrogen (secondary N) is 1. The topological polar surface area (TPSA) is 84.9 Å². The Labute approximate surface area is 205 Å². The maximum absolute atomic E-state index is 13.7. The van der Waals surface area contributed by atoms with E-state index in [2.05, 4.69) is 5.32 Å². The van der Waals surface area contributed by atoms with Crippen LogP contribution in [0.1, 0.15) is 24.9 Å². The number of nitrogens with zero attached hydrogens (tertiary/aromatic N) is 1. The van der Waals surface area contributed by atoms with Gasteiger partial charge in [0.2, 0.25) is 5.91 Å². The second-order valence-electron chi connectivity index (χ2n) is 7.44. The number of amides is 1. The van der Waals surface area contributed by atoms with Crippen LogP contribution in [0.4, 0.5) is 5.69 Å². The van der Waals surface area contributed by atoms with E-state index in [4.69, 9.17) is 21.1 Å². The summed E-state index contributed by atoms with van der Waals surface area (Å²) < 4.78 is 38.9. The van der Waals surface area contributed by atoms with Gasteiger partial charge in [-0.2, -0.15) is 0 Å². The van der Waals surface area contributed by atoms with E-state index in [1.165, 1.54) is 32.4 Å². The third-order valence-corrected chi connectivity index (χ3v) is 7.31. The third kappa shape index (κ3) is 5.81. The first-order valence-corrected chi connectivity index (χ1v) is 12.5.